The number of amides is 1. The van der Waals surface area contributed by atoms with Gasteiger partial charge in [-0.2, -0.15) is 0 Å². The van der Waals surface area contributed by atoms with Crippen LogP contribution in [0.2, 0.25) is 10.0 Å². The van der Waals surface area contributed by atoms with Crippen LogP contribution < -0.4 is 10.1 Å². The molecule has 0 atom stereocenters. The van der Waals surface area contributed by atoms with Gasteiger partial charge >= 0.3 is 5.97 Å². The number of nitrogens with one attached hydrogen (secondary N) is 1. The van der Waals surface area contributed by atoms with Crippen molar-refractivity contribution < 1.29 is 23.8 Å². The van der Waals surface area contributed by atoms with E-state index in [1.165, 1.54) is 12.1 Å². The van der Waals surface area contributed by atoms with Crippen LogP contribution >= 0.6 is 23.2 Å². The van der Waals surface area contributed by atoms with Crippen LogP contribution in [0.5, 0.6) is 5.75 Å². The number of carbonyl (C=O) groups is 2. The predicted molar refractivity (Wildman–Crippen MR) is 107 cm³/mol. The zero-order valence-electron chi connectivity index (χ0n) is 15.6. The van der Waals surface area contributed by atoms with Gasteiger partial charge in [0.2, 0.25) is 5.91 Å². The van der Waals surface area contributed by atoms with Gasteiger partial charge < -0.3 is 15.2 Å². The molecule has 28 heavy (non-hydrogen) atoms. The summed E-state index contributed by atoms with van der Waals surface area (Å²) < 4.78 is 20.4. The van der Waals surface area contributed by atoms with E-state index in [0.29, 0.717) is 5.56 Å². The van der Waals surface area contributed by atoms with Gasteiger partial charge in [-0.25, -0.2) is 4.39 Å². The third kappa shape index (κ3) is 5.59. The molecule has 2 N–H and O–H groups in total. The van der Waals surface area contributed by atoms with Crippen molar-refractivity contribution in [2.75, 3.05) is 5.32 Å². The molecule has 0 aliphatic carbocycles. The monoisotopic (exact) mass is 427 g/mol. The summed E-state index contributed by atoms with van der Waals surface area (Å²) in [6, 6.07) is 6.02. The van der Waals surface area contributed by atoms with Gasteiger partial charge in [-0.05, 0) is 42.3 Å². The van der Waals surface area contributed by atoms with Gasteiger partial charge in [-0.1, -0.05) is 37.0 Å². The number of carboxylic acid groups (broad SMARTS) is 1. The zero-order chi connectivity index (χ0) is 21.0. The first-order valence-electron chi connectivity index (χ1n) is 8.51. The minimum Gasteiger partial charge on any atom is -0.486 e. The van der Waals surface area contributed by atoms with E-state index in [1.807, 2.05) is 0 Å². The Kier molecular flexibility index (Phi) is 7.27. The van der Waals surface area contributed by atoms with Crippen LogP contribution in [-0.2, 0) is 22.6 Å². The average Bonchev–Trinajstić information content (AvgIpc) is 2.57. The minimum atomic E-state index is -1.02. The molecule has 2 aromatic carbocycles. The quantitative estimate of drug-likeness (QED) is 0.633. The summed E-state index contributed by atoms with van der Waals surface area (Å²) in [5, 5.41) is 11.7. The van der Waals surface area contributed by atoms with Crippen LogP contribution in [0, 0.1) is 18.7 Å². The standard InChI is InChI=1S/C20H20Cl2FNO4/c1-10(2)20(27)24-16-5-11(3)4-13(18(16)23)9-28-19-14(21)6-12(7-15(19)22)8-17(25)26/h4-7,10H,8-9H2,1-3H3,(H,24,27)(H,25,26). The molecule has 0 bridgehead atoms. The molecule has 5 nitrogen and oxygen atoms in total. The molecule has 0 fully saturated rings. The molecule has 2 rings (SSSR count). The highest BCUT2D eigenvalue weighted by molar-refractivity contribution is 6.37. The second-order valence-electron chi connectivity index (χ2n) is 6.68. The lowest BCUT2D eigenvalue weighted by Gasteiger charge is -2.15. The fraction of sp³-hybridized carbons (Fsp3) is 0.300. The Balaban J connectivity index is 2.24. The van der Waals surface area contributed by atoms with Crippen LogP contribution in [0.4, 0.5) is 10.1 Å². The first-order valence-corrected chi connectivity index (χ1v) is 9.26. The molecule has 0 aromatic heterocycles. The Bertz CT molecular complexity index is 892. The maximum absolute atomic E-state index is 14.8. The number of halogens is 3. The van der Waals surface area contributed by atoms with E-state index < -0.39 is 11.8 Å². The van der Waals surface area contributed by atoms with E-state index in [0.717, 1.165) is 5.56 Å². The lowest BCUT2D eigenvalue weighted by atomic mass is 10.1. The van der Waals surface area contributed by atoms with E-state index >= 15 is 0 Å². The molecule has 0 aliphatic heterocycles. The van der Waals surface area contributed by atoms with Crippen molar-refractivity contribution >= 4 is 40.8 Å². The van der Waals surface area contributed by atoms with Crippen molar-refractivity contribution in [3.63, 3.8) is 0 Å². The van der Waals surface area contributed by atoms with Crippen LogP contribution in [-0.4, -0.2) is 17.0 Å². The first kappa shape index (κ1) is 22.0. The topological polar surface area (TPSA) is 75.6 Å². The fourth-order valence-corrected chi connectivity index (χ4v) is 3.14. The van der Waals surface area contributed by atoms with Gasteiger partial charge in [0.15, 0.2) is 11.6 Å². The van der Waals surface area contributed by atoms with Crippen molar-refractivity contribution in [2.24, 2.45) is 5.92 Å². The fourth-order valence-electron chi connectivity index (χ4n) is 2.49. The highest BCUT2D eigenvalue weighted by atomic mass is 35.5. The molecule has 0 radical (unpaired) electrons. The maximum atomic E-state index is 14.8. The maximum Gasteiger partial charge on any atom is 0.307 e. The molecular formula is C20H20Cl2FNO4. The van der Waals surface area contributed by atoms with E-state index in [9.17, 15) is 14.0 Å². The highest BCUT2D eigenvalue weighted by Gasteiger charge is 2.17. The highest BCUT2D eigenvalue weighted by Crippen LogP contribution is 2.35. The molecule has 1 amide bonds. The summed E-state index contributed by atoms with van der Waals surface area (Å²) in [4.78, 5) is 22.7. The number of carbonyl (C=O) groups excluding carboxylic acids is 1. The molecule has 150 valence electrons. The van der Waals surface area contributed by atoms with E-state index in [-0.39, 0.29) is 51.9 Å². The summed E-state index contributed by atoms with van der Waals surface area (Å²) in [5.74, 6) is -2.07. The van der Waals surface area contributed by atoms with E-state index in [2.05, 4.69) is 5.32 Å². The third-order valence-electron chi connectivity index (χ3n) is 3.86. The summed E-state index contributed by atoms with van der Waals surface area (Å²) in [7, 11) is 0. The van der Waals surface area contributed by atoms with Crippen LogP contribution in [0.3, 0.4) is 0 Å². The second kappa shape index (κ2) is 9.26. The largest absolute Gasteiger partial charge is 0.486 e. The average molecular weight is 428 g/mol. The Morgan fingerprint density at radius 1 is 1.18 bits per heavy atom. The first-order chi connectivity index (χ1) is 13.1. The molecule has 0 aliphatic rings. The number of ether oxygens (including phenoxy) is 1. The molecule has 0 saturated heterocycles. The van der Waals surface area contributed by atoms with Gasteiger partial charge in [0, 0.05) is 11.5 Å². The van der Waals surface area contributed by atoms with Crippen molar-refractivity contribution in [3.8, 4) is 5.75 Å². The van der Waals surface area contributed by atoms with Crippen molar-refractivity contribution in [3.05, 3.63) is 56.8 Å². The normalized spacial score (nSPS) is 10.8. The Labute approximate surface area is 172 Å². The van der Waals surface area contributed by atoms with Gasteiger partial charge in [0.25, 0.3) is 0 Å². The predicted octanol–water partition coefficient (Wildman–Crippen LogP) is 5.24. The molecule has 0 unspecified atom stereocenters. The van der Waals surface area contributed by atoms with Crippen molar-refractivity contribution in [1.82, 2.24) is 0 Å². The number of anilines is 1. The van der Waals surface area contributed by atoms with Gasteiger partial charge in [-0.15, -0.1) is 0 Å². The van der Waals surface area contributed by atoms with Gasteiger partial charge in [0.05, 0.1) is 22.2 Å². The smallest absolute Gasteiger partial charge is 0.307 e. The Morgan fingerprint density at radius 3 is 2.32 bits per heavy atom. The van der Waals surface area contributed by atoms with Crippen LogP contribution in [0.1, 0.15) is 30.5 Å². The van der Waals surface area contributed by atoms with Crippen LogP contribution in [0.15, 0.2) is 24.3 Å². The molecule has 2 aromatic rings. The molecule has 0 spiro atoms. The number of aliphatic carboxylic acids is 1. The Hall–Kier alpha value is -2.31. The number of aryl methyl sites for hydroxylation is 1. The van der Waals surface area contributed by atoms with E-state index in [4.69, 9.17) is 33.0 Å². The van der Waals surface area contributed by atoms with E-state index in [1.54, 1.807) is 32.9 Å². The molecule has 0 saturated carbocycles. The summed E-state index contributed by atoms with van der Waals surface area (Å²) in [6.07, 6.45) is -0.231. The SMILES string of the molecule is Cc1cc(COc2c(Cl)cc(CC(=O)O)cc2Cl)c(F)c(NC(=O)C(C)C)c1. The summed E-state index contributed by atoms with van der Waals surface area (Å²) in [5.41, 5.74) is 1.47. The number of hydrogen-bond donors (Lipinski definition) is 2. The lowest BCUT2D eigenvalue weighted by Crippen LogP contribution is -2.19. The summed E-state index contributed by atoms with van der Waals surface area (Å²) >= 11 is 12.3. The number of hydrogen-bond acceptors (Lipinski definition) is 3. The number of benzene rings is 2. The van der Waals surface area contributed by atoms with Gasteiger partial charge in [0.1, 0.15) is 6.61 Å². The van der Waals surface area contributed by atoms with Gasteiger partial charge in [-0.3, -0.25) is 9.59 Å². The summed E-state index contributed by atoms with van der Waals surface area (Å²) in [6.45, 7) is 5.03. The van der Waals surface area contributed by atoms with Crippen molar-refractivity contribution in [2.45, 2.75) is 33.8 Å². The zero-order valence-corrected chi connectivity index (χ0v) is 17.1. The van der Waals surface area contributed by atoms with Crippen LogP contribution in [0.25, 0.3) is 0 Å². The molecule has 8 heteroatoms. The molecular weight excluding hydrogens is 408 g/mol. The number of rotatable bonds is 7. The lowest BCUT2D eigenvalue weighted by molar-refractivity contribution is -0.136. The number of carboxylic acids is 1. The minimum absolute atomic E-state index is 0.0753. The molecule has 0 heterocycles. The van der Waals surface area contributed by atoms with Crippen molar-refractivity contribution in [1.29, 1.82) is 0 Å². The second-order valence-corrected chi connectivity index (χ2v) is 7.49. The third-order valence-corrected chi connectivity index (χ3v) is 4.42. The Morgan fingerprint density at radius 2 is 1.79 bits per heavy atom.